The number of fused-ring (bicyclic) bond motifs is 3. The Kier molecular flexibility index (Phi) is 12.1. The minimum atomic E-state index is -0.648. The second-order valence-corrected chi connectivity index (χ2v) is 10.8. The van der Waals surface area contributed by atoms with Crippen LogP contribution in [-0.2, 0) is 24.1 Å². The monoisotopic (exact) mass is 676 g/mol. The van der Waals surface area contributed by atoms with Gasteiger partial charge in [0.05, 0.1) is 22.7 Å². The van der Waals surface area contributed by atoms with Crippen LogP contribution in [0, 0.1) is 5.82 Å². The predicted molar refractivity (Wildman–Crippen MR) is 179 cm³/mol. The average molecular weight is 678 g/mol. The van der Waals surface area contributed by atoms with E-state index >= 15 is 0 Å². The molecule has 3 aromatic heterocycles. The van der Waals surface area contributed by atoms with Crippen LogP contribution in [0.25, 0.3) is 22.0 Å². The molecule has 0 radical (unpaired) electrons. The number of pyridine rings is 2. The van der Waals surface area contributed by atoms with E-state index in [2.05, 4.69) is 14.5 Å². The number of aryl methyl sites for hydroxylation is 1. The van der Waals surface area contributed by atoms with Gasteiger partial charge in [0, 0.05) is 71.3 Å². The third kappa shape index (κ3) is 6.53. The summed E-state index contributed by atoms with van der Waals surface area (Å²) in [7, 11) is 3.86. The van der Waals surface area contributed by atoms with Gasteiger partial charge in [0.15, 0.2) is 6.23 Å². The Hall–Kier alpha value is -3.34. The number of benzene rings is 2. The quantitative estimate of drug-likeness (QED) is 0.128. The van der Waals surface area contributed by atoms with E-state index in [9.17, 15) is 9.18 Å². The maximum absolute atomic E-state index is 14.9. The van der Waals surface area contributed by atoms with E-state index in [0.29, 0.717) is 29.2 Å². The zero-order valence-electron chi connectivity index (χ0n) is 24.2. The van der Waals surface area contributed by atoms with Crippen molar-refractivity contribution in [3.63, 3.8) is 0 Å². The first-order valence-corrected chi connectivity index (χ1v) is 14.4. The molecule has 1 aliphatic heterocycles. The fraction of sp³-hybridized carbons (Fsp3) is 0.219. The summed E-state index contributed by atoms with van der Waals surface area (Å²) in [5.74, 6) is 0.404. The summed E-state index contributed by atoms with van der Waals surface area (Å²) in [5.41, 5.74) is 5.22. The second-order valence-electron chi connectivity index (χ2n) is 9.83. The van der Waals surface area contributed by atoms with Gasteiger partial charge in [-0.15, -0.1) is 49.0 Å². The molecule has 6 rings (SSSR count). The summed E-state index contributed by atoms with van der Waals surface area (Å²) in [6, 6.07) is 18.3. The molecule has 232 valence electrons. The number of hydrogen-bond acceptors (Lipinski definition) is 7. The van der Waals surface area contributed by atoms with Crippen LogP contribution in [0.1, 0.15) is 40.3 Å². The van der Waals surface area contributed by atoms with Gasteiger partial charge in [-0.05, 0) is 44.3 Å². The molecular formula is C32H32Cl3FN4O3S. The molecule has 0 aliphatic carbocycles. The molecule has 44 heavy (non-hydrogen) atoms. The van der Waals surface area contributed by atoms with Gasteiger partial charge < -0.3 is 14.0 Å². The van der Waals surface area contributed by atoms with Crippen molar-refractivity contribution in [2.24, 2.45) is 7.05 Å². The lowest BCUT2D eigenvalue weighted by Gasteiger charge is -2.36. The van der Waals surface area contributed by atoms with Gasteiger partial charge in [-0.1, -0.05) is 30.3 Å². The molecule has 0 fully saturated rings. The summed E-state index contributed by atoms with van der Waals surface area (Å²) in [5, 5.41) is 1.64. The number of thioether (sulfide) groups is 1. The fourth-order valence-corrected chi connectivity index (χ4v) is 6.34. The molecule has 0 spiro atoms. The van der Waals surface area contributed by atoms with Gasteiger partial charge in [-0.2, -0.15) is 0 Å². The number of ether oxygens (including phenoxy) is 2. The van der Waals surface area contributed by atoms with Crippen LogP contribution in [0.5, 0.6) is 5.75 Å². The number of hydrogen-bond donors (Lipinski definition) is 0. The smallest absolute Gasteiger partial charge is 0.340 e. The van der Waals surface area contributed by atoms with Crippen molar-refractivity contribution in [2.45, 2.75) is 30.5 Å². The minimum Gasteiger partial charge on any atom is -0.470 e. The number of nitrogens with zero attached hydrogens (tertiary/aromatic N) is 4. The van der Waals surface area contributed by atoms with Crippen molar-refractivity contribution >= 4 is 65.9 Å². The van der Waals surface area contributed by atoms with Crippen molar-refractivity contribution in [2.75, 3.05) is 13.7 Å². The maximum atomic E-state index is 14.9. The number of carbonyl (C=O) groups is 1. The molecule has 4 heterocycles. The van der Waals surface area contributed by atoms with Gasteiger partial charge in [0.25, 0.3) is 0 Å². The maximum Gasteiger partial charge on any atom is 0.340 e. The summed E-state index contributed by atoms with van der Waals surface area (Å²) in [6.07, 6.45) is 4.62. The molecule has 12 heteroatoms. The highest BCUT2D eigenvalue weighted by atomic mass is 35.5. The Morgan fingerprint density at radius 1 is 1.07 bits per heavy atom. The topological polar surface area (TPSA) is 69.5 Å². The van der Waals surface area contributed by atoms with Gasteiger partial charge >= 0.3 is 5.97 Å². The number of halogens is 4. The fourth-order valence-electron chi connectivity index (χ4n) is 5.41. The molecule has 0 N–H and O–H groups in total. The van der Waals surface area contributed by atoms with Crippen molar-refractivity contribution in [1.82, 2.24) is 19.4 Å². The van der Waals surface area contributed by atoms with Gasteiger partial charge in [0.1, 0.15) is 11.6 Å². The molecule has 0 saturated heterocycles. The zero-order valence-corrected chi connectivity index (χ0v) is 27.5. The van der Waals surface area contributed by atoms with Crippen molar-refractivity contribution in [3.05, 3.63) is 107 Å². The molecule has 0 bridgehead atoms. The van der Waals surface area contributed by atoms with Crippen molar-refractivity contribution < 1.29 is 18.7 Å². The standard InChI is InChI=1S/C32H29FN4O3S.3ClH/c1-4-39-32(38)29-26(19-41-27-13-7-8-15-35-27)37(3)25-16-22(20-10-9-14-34-17-20)30-23(28(25)29)18-36(2)31(40-30)21-11-5-6-12-24(21)33;;;/h5-17,31H,4,18-19H2,1-3H3;3*1H. The van der Waals surface area contributed by atoms with E-state index in [-0.39, 0.29) is 55.6 Å². The van der Waals surface area contributed by atoms with Crippen LogP contribution in [0.4, 0.5) is 4.39 Å². The molecule has 0 amide bonds. The second kappa shape index (κ2) is 15.1. The van der Waals surface area contributed by atoms with Crippen LogP contribution in [0.3, 0.4) is 0 Å². The van der Waals surface area contributed by atoms with Crippen molar-refractivity contribution in [1.29, 1.82) is 0 Å². The minimum absolute atomic E-state index is 0. The Labute approximate surface area is 278 Å². The largest absolute Gasteiger partial charge is 0.470 e. The van der Waals surface area contributed by atoms with E-state index in [1.807, 2.05) is 55.4 Å². The SMILES string of the molecule is CCOC(=O)c1c(CSc2ccccn2)n(C)c2cc(-c3cccnc3)c3c(c12)CN(C)C(c1ccccc1F)O3.Cl.Cl.Cl. The molecular weight excluding hydrogens is 646 g/mol. The summed E-state index contributed by atoms with van der Waals surface area (Å²) < 4.78 is 29.3. The Bertz CT molecular complexity index is 1740. The number of esters is 1. The van der Waals surface area contributed by atoms with E-state index in [4.69, 9.17) is 9.47 Å². The molecule has 7 nitrogen and oxygen atoms in total. The summed E-state index contributed by atoms with van der Waals surface area (Å²) in [4.78, 5) is 24.3. The first-order chi connectivity index (χ1) is 20.0. The van der Waals surface area contributed by atoms with Crippen LogP contribution >= 0.6 is 49.0 Å². The molecule has 1 atom stereocenters. The zero-order chi connectivity index (χ0) is 28.5. The highest BCUT2D eigenvalue weighted by Crippen LogP contribution is 2.47. The lowest BCUT2D eigenvalue weighted by Crippen LogP contribution is -2.34. The molecule has 2 aromatic carbocycles. The van der Waals surface area contributed by atoms with E-state index in [0.717, 1.165) is 38.3 Å². The van der Waals surface area contributed by atoms with E-state index in [1.165, 1.54) is 6.07 Å². The lowest BCUT2D eigenvalue weighted by molar-refractivity contribution is 0.0162. The van der Waals surface area contributed by atoms with E-state index < -0.39 is 6.23 Å². The Morgan fingerprint density at radius 2 is 1.84 bits per heavy atom. The highest BCUT2D eigenvalue weighted by molar-refractivity contribution is 7.98. The molecule has 1 aliphatic rings. The summed E-state index contributed by atoms with van der Waals surface area (Å²) >= 11 is 1.56. The Morgan fingerprint density at radius 3 is 2.52 bits per heavy atom. The third-order valence-corrected chi connectivity index (χ3v) is 8.27. The average Bonchev–Trinajstić information content (AvgIpc) is 3.28. The summed E-state index contributed by atoms with van der Waals surface area (Å²) in [6.45, 7) is 2.49. The van der Waals surface area contributed by atoms with Crippen LogP contribution in [0.2, 0.25) is 0 Å². The Balaban J connectivity index is 0.00000176. The highest BCUT2D eigenvalue weighted by Gasteiger charge is 2.35. The van der Waals surface area contributed by atoms with Crippen LogP contribution < -0.4 is 4.74 Å². The third-order valence-electron chi connectivity index (χ3n) is 7.32. The number of rotatable bonds is 7. The molecule has 1 unspecified atom stereocenters. The predicted octanol–water partition coefficient (Wildman–Crippen LogP) is 8.03. The normalized spacial score (nSPS) is 14.0. The van der Waals surface area contributed by atoms with Crippen LogP contribution in [-0.4, -0.2) is 39.1 Å². The lowest BCUT2D eigenvalue weighted by atomic mass is 9.95. The van der Waals surface area contributed by atoms with Crippen LogP contribution in [0.15, 0.2) is 84.3 Å². The number of carbonyl (C=O) groups excluding carboxylic acids is 1. The molecule has 5 aromatic rings. The van der Waals surface area contributed by atoms with Crippen molar-refractivity contribution in [3.8, 4) is 16.9 Å². The van der Waals surface area contributed by atoms with Gasteiger partial charge in [-0.3, -0.25) is 9.88 Å². The van der Waals surface area contributed by atoms with Gasteiger partial charge in [-0.25, -0.2) is 14.2 Å². The number of aromatic nitrogens is 3. The molecule has 0 saturated carbocycles. The van der Waals surface area contributed by atoms with E-state index in [1.54, 1.807) is 55.5 Å². The first kappa shape index (κ1) is 35.1. The van der Waals surface area contributed by atoms with Gasteiger partial charge in [0.2, 0.25) is 0 Å². The first-order valence-electron chi connectivity index (χ1n) is 13.4.